The molecule has 0 saturated carbocycles. The van der Waals surface area contributed by atoms with Crippen LogP contribution in [0.15, 0.2) is 154 Å². The number of hydrogen-bond acceptors (Lipinski definition) is 8. The minimum Gasteiger partial charge on any atom is -0.494 e. The Morgan fingerprint density at radius 1 is 0.485 bits per heavy atom. The van der Waals surface area contributed by atoms with Crippen molar-refractivity contribution in [3.05, 3.63) is 165 Å². The molecule has 68 heavy (non-hydrogen) atoms. The van der Waals surface area contributed by atoms with Crippen LogP contribution in [0.1, 0.15) is 145 Å². The van der Waals surface area contributed by atoms with E-state index in [9.17, 15) is 19.8 Å². The molecule has 0 amide bonds. The number of benzene rings is 2. The number of aliphatic hydroxyl groups is 2. The molecule has 0 bridgehead atoms. The van der Waals surface area contributed by atoms with Crippen molar-refractivity contribution in [3.63, 3.8) is 0 Å². The summed E-state index contributed by atoms with van der Waals surface area (Å²) in [4.78, 5) is 26.0. The SMILES string of the molecule is COC1=C(OCc2ccccc2)C(=O)C(C)C(C/C=C(\C)CC/C=C(\C)CCC=C(C)C)C1O.COC1=C(OCc2ccccc2)C(O)C(C/C=C(\C)CC/C=C(\C)CCC=C(C)C)C(C)C1=O. The number of ether oxygens (including phenoxy) is 4. The van der Waals surface area contributed by atoms with E-state index in [1.807, 2.05) is 74.5 Å². The fourth-order valence-corrected chi connectivity index (χ4v) is 8.44. The van der Waals surface area contributed by atoms with Crippen LogP contribution in [0, 0.1) is 23.7 Å². The highest BCUT2D eigenvalue weighted by atomic mass is 16.5. The maximum absolute atomic E-state index is 13.1. The molecule has 6 atom stereocenters. The van der Waals surface area contributed by atoms with Crippen LogP contribution in [0.5, 0.6) is 0 Å². The van der Waals surface area contributed by atoms with Crippen LogP contribution < -0.4 is 0 Å². The first-order chi connectivity index (χ1) is 32.5. The predicted molar refractivity (Wildman–Crippen MR) is 278 cm³/mol. The van der Waals surface area contributed by atoms with E-state index in [1.165, 1.54) is 47.7 Å². The number of hydrogen-bond donors (Lipinski definition) is 2. The topological polar surface area (TPSA) is 112 Å². The molecule has 0 aliphatic heterocycles. The van der Waals surface area contributed by atoms with E-state index < -0.39 is 12.2 Å². The Bertz CT molecular complexity index is 2140. The predicted octanol–water partition coefficient (Wildman–Crippen LogP) is 14.1. The van der Waals surface area contributed by atoms with Crippen LogP contribution >= 0.6 is 0 Å². The van der Waals surface area contributed by atoms with Gasteiger partial charge in [0.2, 0.25) is 23.1 Å². The molecule has 2 aliphatic rings. The number of carbonyl (C=O) groups is 2. The van der Waals surface area contributed by atoms with Crippen molar-refractivity contribution < 1.29 is 38.7 Å². The van der Waals surface area contributed by atoms with Gasteiger partial charge in [0.05, 0.1) is 14.2 Å². The Morgan fingerprint density at radius 2 is 0.853 bits per heavy atom. The molecule has 8 nitrogen and oxygen atoms in total. The summed E-state index contributed by atoms with van der Waals surface area (Å²) in [5, 5.41) is 22.1. The second-order valence-electron chi connectivity index (χ2n) is 19.3. The minimum atomic E-state index is -0.882. The fraction of sp³-hybridized carbons (Fsp3) is 0.500. The van der Waals surface area contributed by atoms with Crippen molar-refractivity contribution in [3.8, 4) is 0 Å². The van der Waals surface area contributed by atoms with Gasteiger partial charge in [-0.2, -0.15) is 0 Å². The van der Waals surface area contributed by atoms with Gasteiger partial charge in [-0.15, -0.1) is 0 Å². The van der Waals surface area contributed by atoms with Gasteiger partial charge in [0.1, 0.15) is 25.4 Å². The zero-order valence-electron chi connectivity index (χ0n) is 43.5. The third-order valence-corrected chi connectivity index (χ3v) is 13.0. The van der Waals surface area contributed by atoms with Crippen molar-refractivity contribution in [2.24, 2.45) is 23.7 Å². The van der Waals surface area contributed by atoms with Crippen molar-refractivity contribution >= 4 is 11.6 Å². The molecule has 2 N–H and O–H groups in total. The molecule has 2 aromatic rings. The van der Waals surface area contributed by atoms with Gasteiger partial charge in [-0.1, -0.05) is 144 Å². The average molecular weight is 933 g/mol. The molecule has 6 unspecified atom stereocenters. The summed E-state index contributed by atoms with van der Waals surface area (Å²) >= 11 is 0. The Labute approximate surface area is 410 Å². The first kappa shape index (κ1) is 57.1. The lowest BCUT2D eigenvalue weighted by Crippen LogP contribution is -2.40. The zero-order chi connectivity index (χ0) is 50.2. The van der Waals surface area contributed by atoms with E-state index in [4.69, 9.17) is 18.9 Å². The Balaban J connectivity index is 0.000000360. The minimum absolute atomic E-state index is 0.107. The number of methoxy groups -OCH3 is 2. The van der Waals surface area contributed by atoms with Crippen molar-refractivity contribution in [1.29, 1.82) is 0 Å². The Morgan fingerprint density at radius 3 is 1.25 bits per heavy atom. The van der Waals surface area contributed by atoms with Gasteiger partial charge in [-0.25, -0.2) is 0 Å². The van der Waals surface area contributed by atoms with Gasteiger partial charge in [0, 0.05) is 23.7 Å². The molecule has 0 spiro atoms. The van der Waals surface area contributed by atoms with Crippen LogP contribution in [-0.2, 0) is 41.8 Å². The molecule has 0 heterocycles. The maximum atomic E-state index is 13.1. The molecule has 0 saturated heterocycles. The third-order valence-electron chi connectivity index (χ3n) is 13.0. The highest BCUT2D eigenvalue weighted by Gasteiger charge is 2.43. The summed E-state index contributed by atoms with van der Waals surface area (Å²) in [5.41, 5.74) is 10.1. The average Bonchev–Trinajstić information content (AvgIpc) is 3.31. The van der Waals surface area contributed by atoms with E-state index in [0.717, 1.165) is 62.5 Å². The third kappa shape index (κ3) is 19.1. The number of rotatable bonds is 24. The van der Waals surface area contributed by atoms with Gasteiger partial charge < -0.3 is 29.2 Å². The van der Waals surface area contributed by atoms with Gasteiger partial charge in [-0.3, -0.25) is 9.59 Å². The van der Waals surface area contributed by atoms with Gasteiger partial charge in [0.25, 0.3) is 0 Å². The lowest BCUT2D eigenvalue weighted by Gasteiger charge is -2.34. The zero-order valence-corrected chi connectivity index (χ0v) is 43.5. The molecule has 2 aromatic carbocycles. The standard InChI is InChI=1S/2C30H42O4/c1-21(2)12-10-13-22(3)14-11-15-23(4)18-19-26-24(5)27(31)30(29(33-6)28(26)32)34-20-25-16-8-7-9-17-25;1-21(2)12-10-13-22(3)14-11-15-23(4)18-19-26-24(5)27(31)29(33-6)30(28(26)32)34-20-25-16-8-7-9-17-25/h2*7-9,12,14,16-18,24,26,28,32H,10-11,13,15,19-20H2,1-6H3/b2*22-14+,23-18+. The summed E-state index contributed by atoms with van der Waals surface area (Å²) in [6, 6.07) is 19.4. The fourth-order valence-electron chi connectivity index (χ4n) is 8.44. The first-order valence-corrected chi connectivity index (χ1v) is 24.7. The number of ketones is 2. The summed E-state index contributed by atoms with van der Waals surface area (Å²) in [5.74, 6) is -0.595. The van der Waals surface area contributed by atoms with Crippen molar-refractivity contribution in [2.45, 2.75) is 159 Å². The number of carbonyl (C=O) groups excluding carboxylic acids is 2. The van der Waals surface area contributed by atoms with Gasteiger partial charge in [-0.05, 0) is 131 Å². The molecule has 0 fully saturated rings. The summed E-state index contributed by atoms with van der Waals surface area (Å²) < 4.78 is 22.6. The molecule has 0 aromatic heterocycles. The molecular formula is C60H84O8. The van der Waals surface area contributed by atoms with Crippen molar-refractivity contribution in [1.82, 2.24) is 0 Å². The first-order valence-electron chi connectivity index (χ1n) is 24.7. The molecule has 372 valence electrons. The van der Waals surface area contributed by atoms with Crippen LogP contribution in [0.4, 0.5) is 0 Å². The van der Waals surface area contributed by atoms with E-state index in [0.29, 0.717) is 12.8 Å². The van der Waals surface area contributed by atoms with E-state index in [2.05, 4.69) is 91.8 Å². The lowest BCUT2D eigenvalue weighted by atomic mass is 9.77. The molecule has 4 rings (SSSR count). The van der Waals surface area contributed by atoms with E-state index in [1.54, 1.807) is 0 Å². The van der Waals surface area contributed by atoms with Crippen LogP contribution in [0.2, 0.25) is 0 Å². The second kappa shape index (κ2) is 30.3. The number of aliphatic hydroxyl groups excluding tert-OH is 2. The van der Waals surface area contributed by atoms with Crippen LogP contribution in [0.3, 0.4) is 0 Å². The number of allylic oxidation sites excluding steroid dienone is 14. The van der Waals surface area contributed by atoms with E-state index in [-0.39, 0.29) is 71.5 Å². The molecular weight excluding hydrogens is 849 g/mol. The Hall–Kier alpha value is -5.18. The lowest BCUT2D eigenvalue weighted by molar-refractivity contribution is -0.129. The number of Topliss-reactive ketones (excluding diaryl/α,β-unsaturated/α-hetero) is 2. The Kier molecular flexibility index (Phi) is 25.5. The smallest absolute Gasteiger partial charge is 0.204 e. The quantitative estimate of drug-likeness (QED) is 0.100. The van der Waals surface area contributed by atoms with E-state index >= 15 is 0 Å². The summed E-state index contributed by atoms with van der Waals surface area (Å²) in [7, 11) is 2.94. The molecule has 8 heteroatoms. The van der Waals surface area contributed by atoms with Crippen LogP contribution in [0.25, 0.3) is 0 Å². The second-order valence-corrected chi connectivity index (χ2v) is 19.3. The highest BCUT2D eigenvalue weighted by molar-refractivity contribution is 5.97. The van der Waals surface area contributed by atoms with Gasteiger partial charge >= 0.3 is 0 Å². The summed E-state index contributed by atoms with van der Waals surface area (Å²) in [6.07, 6.45) is 21.4. The van der Waals surface area contributed by atoms with Crippen LogP contribution in [-0.4, -0.2) is 48.2 Å². The summed E-state index contributed by atoms with van der Waals surface area (Å²) in [6.45, 7) is 21.4. The highest BCUT2D eigenvalue weighted by Crippen LogP contribution is 2.38. The maximum Gasteiger partial charge on any atom is 0.204 e. The normalized spacial score (nSPS) is 21.5. The van der Waals surface area contributed by atoms with Crippen molar-refractivity contribution in [2.75, 3.05) is 14.2 Å². The molecule has 2 aliphatic carbocycles. The molecule has 0 radical (unpaired) electrons. The monoisotopic (exact) mass is 933 g/mol. The van der Waals surface area contributed by atoms with Gasteiger partial charge in [0.15, 0.2) is 11.5 Å². The largest absolute Gasteiger partial charge is 0.494 e.